The van der Waals surface area contributed by atoms with E-state index in [0.717, 1.165) is 25.1 Å². The van der Waals surface area contributed by atoms with Crippen LogP contribution in [-0.4, -0.2) is 65.2 Å². The first-order chi connectivity index (χ1) is 10.7. The Kier molecular flexibility index (Phi) is 3.78. The summed E-state index contributed by atoms with van der Waals surface area (Å²) < 4.78 is 10.9. The molecule has 0 amide bonds. The zero-order valence-electron chi connectivity index (χ0n) is 13.7. The number of hydrogen-bond acceptors (Lipinski definition) is 6. The minimum Gasteiger partial charge on any atom is -0.459 e. The van der Waals surface area contributed by atoms with E-state index in [0.29, 0.717) is 0 Å². The molecule has 23 heavy (non-hydrogen) atoms. The fourth-order valence-electron chi connectivity index (χ4n) is 3.71. The van der Waals surface area contributed by atoms with E-state index in [1.54, 1.807) is 0 Å². The molecule has 0 spiro atoms. The Balaban J connectivity index is 1.97. The van der Waals surface area contributed by atoms with Gasteiger partial charge in [0.15, 0.2) is 17.7 Å². The number of rotatable bonds is 0. The molecule has 1 unspecified atom stereocenters. The molecule has 3 rings (SSSR count). The topological polar surface area (TPSA) is 97.5 Å². The molecule has 0 radical (unpaired) electrons. The van der Waals surface area contributed by atoms with Crippen LogP contribution in [0, 0.1) is 5.92 Å². The number of esters is 2. The van der Waals surface area contributed by atoms with E-state index in [1.807, 2.05) is 6.08 Å². The Morgan fingerprint density at radius 1 is 1.30 bits per heavy atom. The minimum absolute atomic E-state index is 0.00746. The molecule has 3 aliphatic rings. The first-order valence-corrected chi connectivity index (χ1v) is 8.02. The van der Waals surface area contributed by atoms with Crippen LogP contribution in [0.3, 0.4) is 0 Å². The maximum Gasteiger partial charge on any atom is 0.341 e. The number of hydrogen-bond donors (Lipinski definition) is 3. The van der Waals surface area contributed by atoms with Crippen LogP contribution in [0.15, 0.2) is 11.6 Å². The van der Waals surface area contributed by atoms with E-state index in [4.69, 9.17) is 9.47 Å². The number of nitrogens with one attached hydrogen (secondary N) is 1. The van der Waals surface area contributed by atoms with Crippen molar-refractivity contribution in [2.75, 3.05) is 19.7 Å². The lowest BCUT2D eigenvalue weighted by Crippen LogP contribution is -3.12. The predicted octanol–water partition coefficient (Wildman–Crippen LogP) is -1.81. The van der Waals surface area contributed by atoms with Crippen molar-refractivity contribution in [2.24, 2.45) is 5.92 Å². The van der Waals surface area contributed by atoms with E-state index in [-0.39, 0.29) is 18.8 Å². The third-order valence-electron chi connectivity index (χ3n) is 5.80. The van der Waals surface area contributed by atoms with Crippen molar-refractivity contribution in [3.05, 3.63) is 11.6 Å². The number of aliphatic hydroxyl groups is 2. The lowest BCUT2D eigenvalue weighted by Gasteiger charge is -2.39. The summed E-state index contributed by atoms with van der Waals surface area (Å²) in [6, 6.07) is -0.00746. The highest BCUT2D eigenvalue weighted by molar-refractivity contribution is 5.83. The summed E-state index contributed by atoms with van der Waals surface area (Å²) in [5.74, 6) is -2.61. The highest BCUT2D eigenvalue weighted by Crippen LogP contribution is 2.33. The largest absolute Gasteiger partial charge is 0.459 e. The normalized spacial score (nSPS) is 47.3. The lowest BCUT2D eigenvalue weighted by molar-refractivity contribution is -0.896. The zero-order valence-corrected chi connectivity index (χ0v) is 13.7. The molecule has 128 valence electrons. The van der Waals surface area contributed by atoms with Crippen LogP contribution in [0.4, 0.5) is 0 Å². The quantitative estimate of drug-likeness (QED) is 0.359. The van der Waals surface area contributed by atoms with Crippen molar-refractivity contribution in [1.82, 2.24) is 0 Å². The molecule has 0 aromatic rings. The van der Waals surface area contributed by atoms with Gasteiger partial charge in [0.25, 0.3) is 0 Å². The zero-order chi connectivity index (χ0) is 17.0. The van der Waals surface area contributed by atoms with Crippen molar-refractivity contribution < 1.29 is 34.2 Å². The summed E-state index contributed by atoms with van der Waals surface area (Å²) in [7, 11) is 0. The monoisotopic (exact) mass is 326 g/mol. The molecule has 3 aliphatic heterocycles. The second-order valence-electron chi connectivity index (χ2n) is 7.15. The van der Waals surface area contributed by atoms with Gasteiger partial charge in [-0.25, -0.2) is 4.79 Å². The average Bonchev–Trinajstić information content (AvgIpc) is 3.06. The summed E-state index contributed by atoms with van der Waals surface area (Å²) in [5.41, 5.74) is -3.30. The van der Waals surface area contributed by atoms with E-state index in [2.05, 4.69) is 0 Å². The molecular formula is C16H24NO6+. The van der Waals surface area contributed by atoms with Gasteiger partial charge in [0, 0.05) is 12.0 Å². The molecule has 2 saturated heterocycles. The van der Waals surface area contributed by atoms with Gasteiger partial charge in [-0.1, -0.05) is 0 Å². The predicted molar refractivity (Wildman–Crippen MR) is 78.4 cm³/mol. The smallest absolute Gasteiger partial charge is 0.341 e. The lowest BCUT2D eigenvalue weighted by atomic mass is 9.76. The highest BCUT2D eigenvalue weighted by atomic mass is 16.6. The third kappa shape index (κ3) is 2.38. The van der Waals surface area contributed by atoms with Gasteiger partial charge in [0.05, 0.1) is 19.0 Å². The van der Waals surface area contributed by atoms with Crippen LogP contribution in [-0.2, 0) is 19.1 Å². The van der Waals surface area contributed by atoms with Gasteiger partial charge in [-0.2, -0.15) is 0 Å². The van der Waals surface area contributed by atoms with Gasteiger partial charge < -0.3 is 24.6 Å². The van der Waals surface area contributed by atoms with Crippen LogP contribution in [0.1, 0.15) is 27.2 Å². The molecule has 6 atom stereocenters. The first-order valence-electron chi connectivity index (χ1n) is 8.02. The molecule has 0 bridgehead atoms. The fraction of sp³-hybridized carbons (Fsp3) is 0.750. The summed E-state index contributed by atoms with van der Waals surface area (Å²) in [6.45, 7) is 5.62. The van der Waals surface area contributed by atoms with Crippen LogP contribution < -0.4 is 4.90 Å². The molecular weight excluding hydrogens is 302 g/mol. The number of carbonyl (C=O) groups excluding carboxylic acids is 2. The van der Waals surface area contributed by atoms with Crippen molar-refractivity contribution in [3.8, 4) is 0 Å². The summed E-state index contributed by atoms with van der Waals surface area (Å²) >= 11 is 0. The molecule has 0 aromatic heterocycles. The maximum atomic E-state index is 12.5. The first kappa shape index (κ1) is 16.4. The molecule has 3 N–H and O–H groups in total. The summed E-state index contributed by atoms with van der Waals surface area (Å²) in [6.07, 6.45) is 2.45. The van der Waals surface area contributed by atoms with Crippen LogP contribution >= 0.6 is 0 Å². The van der Waals surface area contributed by atoms with Gasteiger partial charge >= 0.3 is 11.9 Å². The van der Waals surface area contributed by atoms with E-state index in [9.17, 15) is 19.8 Å². The molecule has 2 fully saturated rings. The number of quaternary nitrogens is 1. The highest BCUT2D eigenvalue weighted by Gasteiger charge is 2.57. The van der Waals surface area contributed by atoms with Crippen LogP contribution in [0.2, 0.25) is 0 Å². The van der Waals surface area contributed by atoms with Crippen molar-refractivity contribution in [2.45, 2.75) is 50.5 Å². The standard InChI is InChI=1S/C16H23NO6/c1-9-13(18)23-11-5-7-17-6-4-10(12(11)17)8-22-14(19)16(3,21)15(9,2)20/h4,9,11-12,20-21H,5-8H2,1-3H3/p+1/t9-,11+,12-,15+,16-/m1/s1. The minimum atomic E-state index is -2.21. The van der Waals surface area contributed by atoms with Crippen LogP contribution in [0.25, 0.3) is 0 Å². The van der Waals surface area contributed by atoms with E-state index < -0.39 is 29.1 Å². The van der Waals surface area contributed by atoms with Gasteiger partial charge in [-0.05, 0) is 26.8 Å². The molecule has 0 saturated carbocycles. The van der Waals surface area contributed by atoms with Crippen molar-refractivity contribution >= 4 is 11.9 Å². The van der Waals surface area contributed by atoms with Gasteiger partial charge in [0.1, 0.15) is 12.2 Å². The van der Waals surface area contributed by atoms with Gasteiger partial charge in [-0.15, -0.1) is 0 Å². The Labute approximate surface area is 134 Å². The molecule has 3 heterocycles. The second kappa shape index (κ2) is 5.29. The molecule has 0 aliphatic carbocycles. The van der Waals surface area contributed by atoms with E-state index in [1.165, 1.54) is 25.7 Å². The van der Waals surface area contributed by atoms with Gasteiger partial charge in [0.2, 0.25) is 0 Å². The Morgan fingerprint density at radius 2 is 2.00 bits per heavy atom. The van der Waals surface area contributed by atoms with E-state index >= 15 is 0 Å². The van der Waals surface area contributed by atoms with Crippen LogP contribution in [0.5, 0.6) is 0 Å². The van der Waals surface area contributed by atoms with Crippen molar-refractivity contribution in [1.29, 1.82) is 0 Å². The Morgan fingerprint density at radius 3 is 2.70 bits per heavy atom. The Bertz CT molecular complexity index is 567. The number of carbonyl (C=O) groups is 2. The average molecular weight is 326 g/mol. The van der Waals surface area contributed by atoms with Gasteiger partial charge in [-0.3, -0.25) is 4.79 Å². The molecule has 7 heteroatoms. The fourth-order valence-corrected chi connectivity index (χ4v) is 3.71. The molecule has 7 nitrogen and oxygen atoms in total. The molecule has 0 aromatic carbocycles. The number of cyclic esters (lactones) is 1. The number of ether oxygens (including phenoxy) is 2. The Hall–Kier alpha value is -1.44. The SMILES string of the molecule is C[C@@H]1C(=O)O[C@H]2CC[NH+]3CC=C(COC(=O)[C@@](C)(O)[C@@]1(C)O)[C@H]23. The third-order valence-corrected chi connectivity index (χ3v) is 5.80. The summed E-state index contributed by atoms with van der Waals surface area (Å²) in [5, 5.41) is 21.1. The summed E-state index contributed by atoms with van der Waals surface area (Å²) in [4.78, 5) is 26.0. The van der Waals surface area contributed by atoms with Crippen molar-refractivity contribution in [3.63, 3.8) is 0 Å². The maximum absolute atomic E-state index is 12.5. The second-order valence-corrected chi connectivity index (χ2v) is 7.15.